The minimum atomic E-state index is -2.52. The van der Waals surface area contributed by atoms with Crippen LogP contribution in [0.25, 0.3) is 0 Å². The third-order valence-corrected chi connectivity index (χ3v) is 2.71. The van der Waals surface area contributed by atoms with Crippen LogP contribution >= 0.6 is 15.9 Å². The molecule has 1 heterocycles. The maximum atomic E-state index is 12.3. The maximum Gasteiger partial charge on any atom is 0.266 e. The number of hydrogen-bond acceptors (Lipinski definition) is 2. The summed E-state index contributed by atoms with van der Waals surface area (Å²) in [4.78, 5) is 3.75. The molecule has 0 fully saturated rings. The summed E-state index contributed by atoms with van der Waals surface area (Å²) < 4.78 is 29.9. The molecular formula is C8H8BrF2NO. The molecule has 13 heavy (non-hydrogen) atoms. The van der Waals surface area contributed by atoms with Crippen LogP contribution in [0.1, 0.15) is 17.6 Å². The van der Waals surface area contributed by atoms with E-state index >= 15 is 0 Å². The summed E-state index contributed by atoms with van der Waals surface area (Å²) in [7, 11) is 1.45. The van der Waals surface area contributed by atoms with Gasteiger partial charge in [0.05, 0.1) is 12.7 Å². The lowest BCUT2D eigenvalue weighted by molar-refractivity contribution is 0.150. The van der Waals surface area contributed by atoms with E-state index < -0.39 is 6.43 Å². The van der Waals surface area contributed by atoms with Gasteiger partial charge in [-0.15, -0.1) is 0 Å². The van der Waals surface area contributed by atoms with Gasteiger partial charge in [0, 0.05) is 16.2 Å². The molecule has 0 bridgehead atoms. The Kier molecular flexibility index (Phi) is 3.19. The SMILES string of the molecule is COc1ncc(C(F)F)c(Br)c1C. The molecule has 0 aliphatic rings. The van der Waals surface area contributed by atoms with Crippen LogP contribution in [-0.2, 0) is 0 Å². The van der Waals surface area contributed by atoms with Gasteiger partial charge in [-0.2, -0.15) is 0 Å². The average molecular weight is 252 g/mol. The quantitative estimate of drug-likeness (QED) is 0.806. The molecule has 72 valence electrons. The zero-order chi connectivity index (χ0) is 10.0. The van der Waals surface area contributed by atoms with Crippen LogP contribution in [0.3, 0.4) is 0 Å². The fourth-order valence-corrected chi connectivity index (χ4v) is 1.40. The molecule has 5 heteroatoms. The van der Waals surface area contributed by atoms with Gasteiger partial charge in [0.15, 0.2) is 0 Å². The molecule has 0 saturated heterocycles. The Balaban J connectivity index is 3.23. The molecule has 1 aromatic rings. The number of pyridine rings is 1. The second kappa shape index (κ2) is 4.00. The number of nitrogens with zero attached hydrogens (tertiary/aromatic N) is 1. The van der Waals surface area contributed by atoms with E-state index in [9.17, 15) is 8.78 Å². The normalized spacial score (nSPS) is 10.6. The Hall–Kier alpha value is -0.710. The van der Waals surface area contributed by atoms with Gasteiger partial charge in [0.2, 0.25) is 5.88 Å². The minimum Gasteiger partial charge on any atom is -0.481 e. The second-order valence-corrected chi connectivity index (χ2v) is 3.26. The molecule has 0 aliphatic carbocycles. The van der Waals surface area contributed by atoms with Crippen LogP contribution in [0, 0.1) is 6.92 Å². The van der Waals surface area contributed by atoms with Gasteiger partial charge in [-0.3, -0.25) is 0 Å². The lowest BCUT2D eigenvalue weighted by Gasteiger charge is -2.08. The van der Waals surface area contributed by atoms with E-state index in [1.807, 2.05) is 0 Å². The molecule has 0 atom stereocenters. The highest BCUT2D eigenvalue weighted by Crippen LogP contribution is 2.32. The Labute approximate surface area is 83.1 Å². The molecule has 1 aromatic heterocycles. The standard InChI is InChI=1S/C8H8BrF2NO/c1-4-6(9)5(7(10)11)3-12-8(4)13-2/h3,7H,1-2H3. The van der Waals surface area contributed by atoms with Crippen molar-refractivity contribution < 1.29 is 13.5 Å². The van der Waals surface area contributed by atoms with Crippen molar-refractivity contribution in [3.63, 3.8) is 0 Å². The molecule has 0 N–H and O–H groups in total. The van der Waals surface area contributed by atoms with E-state index in [1.54, 1.807) is 6.92 Å². The van der Waals surface area contributed by atoms with Crippen LogP contribution in [0.5, 0.6) is 5.88 Å². The summed E-state index contributed by atoms with van der Waals surface area (Å²) in [6, 6.07) is 0. The first-order valence-corrected chi connectivity index (χ1v) is 4.34. The summed E-state index contributed by atoms with van der Waals surface area (Å²) in [5.74, 6) is 0.358. The van der Waals surface area contributed by atoms with Gasteiger partial charge in [0.25, 0.3) is 6.43 Å². The van der Waals surface area contributed by atoms with Crippen LogP contribution in [0.15, 0.2) is 10.7 Å². The second-order valence-electron chi connectivity index (χ2n) is 2.46. The van der Waals surface area contributed by atoms with Crippen LogP contribution in [-0.4, -0.2) is 12.1 Å². The van der Waals surface area contributed by atoms with Crippen LogP contribution in [0.4, 0.5) is 8.78 Å². The Morgan fingerprint density at radius 1 is 1.54 bits per heavy atom. The molecule has 1 rings (SSSR count). The highest BCUT2D eigenvalue weighted by atomic mass is 79.9. The Bertz CT molecular complexity index is 317. The Morgan fingerprint density at radius 3 is 2.62 bits per heavy atom. The first-order chi connectivity index (χ1) is 6.07. The first kappa shape index (κ1) is 10.4. The van der Waals surface area contributed by atoms with Gasteiger partial charge >= 0.3 is 0 Å². The van der Waals surface area contributed by atoms with Gasteiger partial charge in [0.1, 0.15) is 0 Å². The molecule has 0 spiro atoms. The number of methoxy groups -OCH3 is 1. The van der Waals surface area contributed by atoms with Crippen molar-refractivity contribution in [3.8, 4) is 5.88 Å². The highest BCUT2D eigenvalue weighted by Gasteiger charge is 2.16. The Morgan fingerprint density at radius 2 is 2.15 bits per heavy atom. The van der Waals surface area contributed by atoms with Crippen molar-refractivity contribution in [1.82, 2.24) is 4.98 Å². The molecular weight excluding hydrogens is 244 g/mol. The summed E-state index contributed by atoms with van der Waals surface area (Å²) in [5, 5.41) is 0. The molecule has 2 nitrogen and oxygen atoms in total. The van der Waals surface area contributed by atoms with Gasteiger partial charge in [-0.05, 0) is 22.9 Å². The van der Waals surface area contributed by atoms with Crippen molar-refractivity contribution in [2.24, 2.45) is 0 Å². The number of alkyl halides is 2. The van der Waals surface area contributed by atoms with Crippen molar-refractivity contribution in [2.75, 3.05) is 7.11 Å². The van der Waals surface area contributed by atoms with Gasteiger partial charge in [-0.1, -0.05) is 0 Å². The minimum absolute atomic E-state index is 0.113. The molecule has 0 aliphatic heterocycles. The molecule has 0 unspecified atom stereocenters. The fourth-order valence-electron chi connectivity index (χ4n) is 0.950. The molecule has 0 radical (unpaired) electrons. The monoisotopic (exact) mass is 251 g/mol. The summed E-state index contributed by atoms with van der Waals surface area (Å²) in [6.07, 6.45) is -1.41. The van der Waals surface area contributed by atoms with E-state index in [4.69, 9.17) is 4.74 Å². The van der Waals surface area contributed by atoms with E-state index in [1.165, 1.54) is 7.11 Å². The van der Waals surface area contributed by atoms with E-state index in [2.05, 4.69) is 20.9 Å². The van der Waals surface area contributed by atoms with Crippen LogP contribution < -0.4 is 4.74 Å². The number of ether oxygens (including phenoxy) is 1. The molecule has 0 amide bonds. The van der Waals surface area contributed by atoms with E-state index in [0.717, 1.165) is 6.20 Å². The highest BCUT2D eigenvalue weighted by molar-refractivity contribution is 9.10. The first-order valence-electron chi connectivity index (χ1n) is 3.55. The maximum absolute atomic E-state index is 12.3. The van der Waals surface area contributed by atoms with Gasteiger partial charge < -0.3 is 4.74 Å². The van der Waals surface area contributed by atoms with Crippen molar-refractivity contribution in [1.29, 1.82) is 0 Å². The summed E-state index contributed by atoms with van der Waals surface area (Å²) in [6.45, 7) is 1.67. The molecule has 0 aromatic carbocycles. The fraction of sp³-hybridized carbons (Fsp3) is 0.375. The van der Waals surface area contributed by atoms with Crippen molar-refractivity contribution in [3.05, 3.63) is 21.8 Å². The number of hydrogen-bond donors (Lipinski definition) is 0. The predicted molar refractivity (Wildman–Crippen MR) is 48.2 cm³/mol. The van der Waals surface area contributed by atoms with Gasteiger partial charge in [-0.25, -0.2) is 13.8 Å². The third-order valence-electron chi connectivity index (χ3n) is 1.65. The summed E-state index contributed by atoms with van der Waals surface area (Å²) >= 11 is 3.07. The van der Waals surface area contributed by atoms with Crippen molar-refractivity contribution in [2.45, 2.75) is 13.3 Å². The molecule has 0 saturated carbocycles. The largest absolute Gasteiger partial charge is 0.481 e. The number of aromatic nitrogens is 1. The topological polar surface area (TPSA) is 22.1 Å². The number of rotatable bonds is 2. The smallest absolute Gasteiger partial charge is 0.266 e. The van der Waals surface area contributed by atoms with E-state index in [0.29, 0.717) is 15.9 Å². The van der Waals surface area contributed by atoms with Crippen molar-refractivity contribution >= 4 is 15.9 Å². The van der Waals surface area contributed by atoms with Crippen LogP contribution in [0.2, 0.25) is 0 Å². The summed E-state index contributed by atoms with van der Waals surface area (Å²) in [5.41, 5.74) is 0.471. The lowest BCUT2D eigenvalue weighted by atomic mass is 10.2. The predicted octanol–water partition coefficient (Wildman–Crippen LogP) is 3.10. The lowest BCUT2D eigenvalue weighted by Crippen LogP contribution is -1.96. The number of halogens is 3. The zero-order valence-electron chi connectivity index (χ0n) is 7.14. The third kappa shape index (κ3) is 1.96. The van der Waals surface area contributed by atoms with E-state index in [-0.39, 0.29) is 5.56 Å². The average Bonchev–Trinajstić information content (AvgIpc) is 2.09. The zero-order valence-corrected chi connectivity index (χ0v) is 8.73.